The van der Waals surface area contributed by atoms with Gasteiger partial charge in [-0.3, -0.25) is 4.79 Å². The molecule has 3 aromatic rings. The minimum Gasteiger partial charge on any atom is -0.383 e. The smallest absolute Gasteiger partial charge is 0.258 e. The Hall–Kier alpha value is -2.28. The number of nitrogen functional groups attached to an aromatic ring is 1. The highest BCUT2D eigenvalue weighted by Gasteiger charge is 2.11. The molecule has 0 saturated carbocycles. The molecule has 0 bridgehead atoms. The molecule has 21 heavy (non-hydrogen) atoms. The number of benzene rings is 1. The van der Waals surface area contributed by atoms with Crippen LogP contribution in [0, 0.1) is 12.9 Å². The molecule has 0 spiro atoms. The van der Waals surface area contributed by atoms with Crippen LogP contribution in [0.2, 0.25) is 0 Å². The Morgan fingerprint density at radius 3 is 2.81 bits per heavy atom. The van der Waals surface area contributed by atoms with Gasteiger partial charge in [0.1, 0.15) is 11.6 Å². The summed E-state index contributed by atoms with van der Waals surface area (Å²) in [5, 5.41) is 0.483. The van der Waals surface area contributed by atoms with E-state index in [1.54, 1.807) is 31.2 Å². The van der Waals surface area contributed by atoms with Crippen LogP contribution in [0.15, 0.2) is 33.5 Å². The van der Waals surface area contributed by atoms with Crippen LogP contribution in [0.5, 0.6) is 0 Å². The zero-order valence-corrected chi connectivity index (χ0v) is 12.5. The molecule has 0 saturated heterocycles. The van der Waals surface area contributed by atoms with Crippen molar-refractivity contribution < 1.29 is 4.39 Å². The van der Waals surface area contributed by atoms with Crippen LogP contribution < -0.4 is 11.3 Å². The molecule has 0 amide bonds. The number of aryl methyl sites for hydroxylation is 1. The van der Waals surface area contributed by atoms with Crippen molar-refractivity contribution in [1.29, 1.82) is 0 Å². The quantitative estimate of drug-likeness (QED) is 0.662. The van der Waals surface area contributed by atoms with E-state index in [1.807, 2.05) is 0 Å². The van der Waals surface area contributed by atoms with Gasteiger partial charge in [-0.15, -0.1) is 0 Å². The maximum atomic E-state index is 13.3. The second-order valence-electron chi connectivity index (χ2n) is 4.58. The van der Waals surface area contributed by atoms with E-state index in [0.717, 1.165) is 0 Å². The first-order valence-electron chi connectivity index (χ1n) is 6.08. The average molecular weight is 349 g/mol. The normalized spacial score (nSPS) is 11.0. The summed E-state index contributed by atoms with van der Waals surface area (Å²) in [5.41, 5.74) is 7.40. The Labute approximate surface area is 127 Å². The molecule has 0 atom stereocenters. The van der Waals surface area contributed by atoms with Gasteiger partial charge in [-0.25, -0.2) is 9.97 Å². The summed E-state index contributed by atoms with van der Waals surface area (Å²) < 4.78 is 13.6. The number of nitrogens with two attached hydrogens (primary N) is 1. The largest absolute Gasteiger partial charge is 0.383 e. The van der Waals surface area contributed by atoms with E-state index in [-0.39, 0.29) is 15.8 Å². The zero-order valence-electron chi connectivity index (χ0n) is 10.9. The van der Waals surface area contributed by atoms with E-state index in [0.29, 0.717) is 27.9 Å². The lowest BCUT2D eigenvalue weighted by Gasteiger charge is -2.07. The first kappa shape index (κ1) is 13.7. The molecule has 2 aromatic heterocycles. The first-order chi connectivity index (χ1) is 9.95. The van der Waals surface area contributed by atoms with Crippen LogP contribution in [0.4, 0.5) is 10.2 Å². The third-order valence-electron chi connectivity index (χ3n) is 3.10. The van der Waals surface area contributed by atoms with Crippen LogP contribution in [0.3, 0.4) is 0 Å². The summed E-state index contributed by atoms with van der Waals surface area (Å²) in [4.78, 5) is 22.4. The van der Waals surface area contributed by atoms with Crippen molar-refractivity contribution in [1.82, 2.24) is 15.0 Å². The number of fused-ring (bicyclic) bond motifs is 1. The molecule has 0 fully saturated rings. The zero-order chi connectivity index (χ0) is 15.1. The number of pyridine rings is 1. The summed E-state index contributed by atoms with van der Waals surface area (Å²) >= 11 is 3.09. The number of anilines is 1. The second kappa shape index (κ2) is 4.92. The Morgan fingerprint density at radius 2 is 2.05 bits per heavy atom. The summed E-state index contributed by atoms with van der Waals surface area (Å²) in [5.74, 6) is -0.0601. The predicted molar refractivity (Wildman–Crippen MR) is 82.4 cm³/mol. The SMILES string of the molecule is Cc1nc2cc(-c3cc(Br)c(F)nc3N)ccc2c(=O)[nH]1. The third kappa shape index (κ3) is 2.40. The number of aromatic nitrogens is 3. The summed E-state index contributed by atoms with van der Waals surface area (Å²) in [6.45, 7) is 1.71. The van der Waals surface area contributed by atoms with Gasteiger partial charge >= 0.3 is 0 Å². The highest BCUT2D eigenvalue weighted by Crippen LogP contribution is 2.30. The molecular formula is C14H10BrFN4O. The molecule has 7 heteroatoms. The summed E-state index contributed by atoms with van der Waals surface area (Å²) in [6.07, 6.45) is 0. The number of hydrogen-bond acceptors (Lipinski definition) is 4. The molecular weight excluding hydrogens is 339 g/mol. The molecule has 1 aromatic carbocycles. The van der Waals surface area contributed by atoms with Crippen LogP contribution >= 0.6 is 15.9 Å². The number of H-pyrrole nitrogens is 1. The molecule has 3 N–H and O–H groups in total. The fourth-order valence-corrected chi connectivity index (χ4v) is 2.45. The van der Waals surface area contributed by atoms with Crippen molar-refractivity contribution in [3.8, 4) is 11.1 Å². The van der Waals surface area contributed by atoms with Gasteiger partial charge in [0.15, 0.2) is 0 Å². The van der Waals surface area contributed by atoms with Gasteiger partial charge in [0, 0.05) is 5.56 Å². The Kier molecular flexibility index (Phi) is 3.21. The minimum atomic E-state index is -0.664. The molecule has 5 nitrogen and oxygen atoms in total. The van der Waals surface area contributed by atoms with Gasteiger partial charge in [-0.05, 0) is 46.6 Å². The summed E-state index contributed by atoms with van der Waals surface area (Å²) in [6, 6.07) is 6.67. The predicted octanol–water partition coefficient (Wildman–Crippen LogP) is 2.78. The maximum absolute atomic E-state index is 13.3. The molecule has 0 radical (unpaired) electrons. The lowest BCUT2D eigenvalue weighted by Crippen LogP contribution is -2.09. The molecule has 0 aliphatic heterocycles. The van der Waals surface area contributed by atoms with E-state index in [9.17, 15) is 9.18 Å². The lowest BCUT2D eigenvalue weighted by molar-refractivity contribution is 0.579. The third-order valence-corrected chi connectivity index (χ3v) is 3.65. The van der Waals surface area contributed by atoms with Crippen molar-refractivity contribution in [3.63, 3.8) is 0 Å². The van der Waals surface area contributed by atoms with Crippen molar-refractivity contribution >= 4 is 32.7 Å². The number of hydrogen-bond donors (Lipinski definition) is 2. The van der Waals surface area contributed by atoms with Gasteiger partial charge in [0.25, 0.3) is 5.56 Å². The molecule has 0 aliphatic rings. The van der Waals surface area contributed by atoms with Crippen molar-refractivity contribution in [3.05, 3.63) is 50.9 Å². The minimum absolute atomic E-state index is 0.0802. The Balaban J connectivity index is 2.27. The Bertz CT molecular complexity index is 923. The monoisotopic (exact) mass is 348 g/mol. The fraction of sp³-hybridized carbons (Fsp3) is 0.0714. The molecule has 3 rings (SSSR count). The van der Waals surface area contributed by atoms with Gasteiger partial charge in [0.05, 0.1) is 15.4 Å². The first-order valence-corrected chi connectivity index (χ1v) is 6.87. The molecule has 0 aliphatic carbocycles. The topological polar surface area (TPSA) is 84.7 Å². The van der Waals surface area contributed by atoms with Crippen molar-refractivity contribution in [2.24, 2.45) is 0 Å². The summed E-state index contributed by atoms with van der Waals surface area (Å²) in [7, 11) is 0. The molecule has 106 valence electrons. The van der Waals surface area contributed by atoms with E-state index in [2.05, 4.69) is 30.9 Å². The highest BCUT2D eigenvalue weighted by molar-refractivity contribution is 9.10. The number of halogens is 2. The van der Waals surface area contributed by atoms with Crippen LogP contribution in [0.1, 0.15) is 5.82 Å². The highest BCUT2D eigenvalue weighted by atomic mass is 79.9. The molecule has 2 heterocycles. The maximum Gasteiger partial charge on any atom is 0.258 e. The van der Waals surface area contributed by atoms with Gasteiger partial charge < -0.3 is 10.7 Å². The van der Waals surface area contributed by atoms with Crippen molar-refractivity contribution in [2.45, 2.75) is 6.92 Å². The van der Waals surface area contributed by atoms with Gasteiger partial charge in [-0.2, -0.15) is 4.39 Å². The van der Waals surface area contributed by atoms with E-state index in [4.69, 9.17) is 5.73 Å². The Morgan fingerprint density at radius 1 is 1.29 bits per heavy atom. The fourth-order valence-electron chi connectivity index (χ4n) is 2.13. The number of nitrogens with one attached hydrogen (secondary N) is 1. The van der Waals surface area contributed by atoms with E-state index in [1.165, 1.54) is 0 Å². The average Bonchev–Trinajstić information content (AvgIpc) is 2.42. The van der Waals surface area contributed by atoms with E-state index >= 15 is 0 Å². The lowest BCUT2D eigenvalue weighted by atomic mass is 10.0. The number of aromatic amines is 1. The number of nitrogens with zero attached hydrogens (tertiary/aromatic N) is 2. The van der Waals surface area contributed by atoms with Crippen LogP contribution in [-0.2, 0) is 0 Å². The van der Waals surface area contributed by atoms with Gasteiger partial charge in [0.2, 0.25) is 5.95 Å². The standard InChI is InChI=1S/C14H10BrFN4O/c1-6-18-11-4-7(2-3-8(11)14(21)19-6)9-5-10(15)12(16)20-13(9)17/h2-5H,1H3,(H2,17,20)(H,18,19,21). The second-order valence-corrected chi connectivity index (χ2v) is 5.43. The number of rotatable bonds is 1. The van der Waals surface area contributed by atoms with Crippen molar-refractivity contribution in [2.75, 3.05) is 5.73 Å². The van der Waals surface area contributed by atoms with Crippen LogP contribution in [-0.4, -0.2) is 15.0 Å². The van der Waals surface area contributed by atoms with E-state index < -0.39 is 5.95 Å². The molecule has 0 unspecified atom stereocenters. The van der Waals surface area contributed by atoms with Crippen LogP contribution in [0.25, 0.3) is 22.0 Å². The van der Waals surface area contributed by atoms with Gasteiger partial charge in [-0.1, -0.05) is 6.07 Å².